The number of pyridine rings is 1. The molecule has 0 spiro atoms. The van der Waals surface area contributed by atoms with Crippen LogP contribution in [0, 0.1) is 0 Å². The van der Waals surface area contributed by atoms with Crippen molar-refractivity contribution in [3.8, 4) is 0 Å². The number of nitrogens with one attached hydrogen (secondary N) is 1. The minimum atomic E-state index is 0.699. The lowest BCUT2D eigenvalue weighted by atomic mass is 10.2. The maximum atomic E-state index is 5.17. The molecular weight excluding hydrogens is 238 g/mol. The highest BCUT2D eigenvalue weighted by Crippen LogP contribution is 2.18. The van der Waals surface area contributed by atoms with E-state index in [1.165, 1.54) is 5.56 Å². The monoisotopic (exact) mass is 263 g/mol. The summed E-state index contributed by atoms with van der Waals surface area (Å²) >= 11 is 0. The molecule has 0 radical (unpaired) electrons. The Morgan fingerprint density at radius 2 is 2.37 bits per heavy atom. The fraction of sp³-hybridized carbons (Fsp3) is 0.533. The Kier molecular flexibility index (Phi) is 7.86. The van der Waals surface area contributed by atoms with Gasteiger partial charge in [0.1, 0.15) is 0 Å². The van der Waals surface area contributed by atoms with Crippen LogP contribution in [0.1, 0.15) is 18.9 Å². The zero-order valence-corrected chi connectivity index (χ0v) is 12.1. The molecule has 0 amide bonds. The zero-order chi connectivity index (χ0) is 13.9. The molecule has 0 aliphatic carbocycles. The Hall–Kier alpha value is -1.39. The maximum Gasteiger partial charge on any atom is 0.0637 e. The van der Waals surface area contributed by atoms with Crippen LogP contribution in [0.5, 0.6) is 0 Å². The molecule has 0 unspecified atom stereocenters. The standard InChI is InChI=1S/C15H25N3O/c1-4-7-16-12-14-6-8-17-13-15(14)18(9-5-2)10-11-19-3/h5-6,8,13,16H,2,4,7,9-12H2,1,3H3. The molecule has 0 atom stereocenters. The molecule has 19 heavy (non-hydrogen) atoms. The number of nitrogens with zero attached hydrogens (tertiary/aromatic N) is 2. The molecule has 0 aliphatic heterocycles. The van der Waals surface area contributed by atoms with Crippen molar-refractivity contribution in [2.45, 2.75) is 19.9 Å². The van der Waals surface area contributed by atoms with Crippen LogP contribution >= 0.6 is 0 Å². The van der Waals surface area contributed by atoms with Crippen LogP contribution in [-0.2, 0) is 11.3 Å². The fourth-order valence-electron chi connectivity index (χ4n) is 1.92. The van der Waals surface area contributed by atoms with E-state index in [4.69, 9.17) is 4.74 Å². The fourth-order valence-corrected chi connectivity index (χ4v) is 1.92. The Balaban J connectivity index is 2.78. The van der Waals surface area contributed by atoms with Crippen LogP contribution < -0.4 is 10.2 Å². The minimum absolute atomic E-state index is 0.699. The van der Waals surface area contributed by atoms with Gasteiger partial charge in [0, 0.05) is 32.9 Å². The molecule has 1 N–H and O–H groups in total. The summed E-state index contributed by atoms with van der Waals surface area (Å²) < 4.78 is 5.17. The quantitative estimate of drug-likeness (QED) is 0.519. The van der Waals surface area contributed by atoms with Crippen LogP contribution in [0.15, 0.2) is 31.1 Å². The Bertz CT molecular complexity index is 368. The summed E-state index contributed by atoms with van der Waals surface area (Å²) in [6.45, 7) is 10.2. The van der Waals surface area contributed by atoms with Gasteiger partial charge in [-0.2, -0.15) is 0 Å². The largest absolute Gasteiger partial charge is 0.383 e. The number of methoxy groups -OCH3 is 1. The van der Waals surface area contributed by atoms with Gasteiger partial charge in [-0.15, -0.1) is 6.58 Å². The van der Waals surface area contributed by atoms with Crippen LogP contribution in [0.25, 0.3) is 0 Å². The molecule has 1 heterocycles. The maximum absolute atomic E-state index is 5.17. The highest BCUT2D eigenvalue weighted by Gasteiger charge is 2.09. The van der Waals surface area contributed by atoms with Crippen molar-refractivity contribution in [2.75, 3.05) is 38.3 Å². The highest BCUT2D eigenvalue weighted by molar-refractivity contribution is 5.52. The summed E-state index contributed by atoms with van der Waals surface area (Å²) in [7, 11) is 1.72. The number of hydrogen-bond donors (Lipinski definition) is 1. The Morgan fingerprint density at radius 1 is 1.53 bits per heavy atom. The second-order valence-electron chi connectivity index (χ2n) is 4.41. The summed E-state index contributed by atoms with van der Waals surface area (Å²) in [5, 5.41) is 3.43. The summed E-state index contributed by atoms with van der Waals surface area (Å²) in [5.74, 6) is 0. The van der Waals surface area contributed by atoms with Gasteiger partial charge in [0.2, 0.25) is 0 Å². The van der Waals surface area contributed by atoms with Gasteiger partial charge in [0.15, 0.2) is 0 Å². The molecule has 106 valence electrons. The SMILES string of the molecule is C=CCN(CCOC)c1cnccc1CNCCC. The second kappa shape index (κ2) is 9.53. The summed E-state index contributed by atoms with van der Waals surface area (Å²) in [6, 6.07) is 2.07. The van der Waals surface area contributed by atoms with Crippen molar-refractivity contribution < 1.29 is 4.74 Å². The van der Waals surface area contributed by atoms with E-state index >= 15 is 0 Å². The van der Waals surface area contributed by atoms with Gasteiger partial charge in [0.25, 0.3) is 0 Å². The van der Waals surface area contributed by atoms with Gasteiger partial charge in [-0.05, 0) is 24.6 Å². The average molecular weight is 263 g/mol. The average Bonchev–Trinajstić information content (AvgIpc) is 2.44. The third-order valence-electron chi connectivity index (χ3n) is 2.89. The number of rotatable bonds is 10. The van der Waals surface area contributed by atoms with Crippen molar-refractivity contribution in [1.29, 1.82) is 0 Å². The van der Waals surface area contributed by atoms with Gasteiger partial charge in [0.05, 0.1) is 18.5 Å². The third-order valence-corrected chi connectivity index (χ3v) is 2.89. The summed E-state index contributed by atoms with van der Waals surface area (Å²) in [5.41, 5.74) is 2.42. The Morgan fingerprint density at radius 3 is 3.05 bits per heavy atom. The van der Waals surface area contributed by atoms with Crippen LogP contribution in [0.4, 0.5) is 5.69 Å². The highest BCUT2D eigenvalue weighted by atomic mass is 16.5. The molecule has 1 aromatic heterocycles. The second-order valence-corrected chi connectivity index (χ2v) is 4.41. The van der Waals surface area contributed by atoms with Crippen LogP contribution in [0.3, 0.4) is 0 Å². The van der Waals surface area contributed by atoms with Crippen molar-refractivity contribution in [2.24, 2.45) is 0 Å². The zero-order valence-electron chi connectivity index (χ0n) is 12.1. The third kappa shape index (κ3) is 5.41. The summed E-state index contributed by atoms with van der Waals surface area (Å²) in [4.78, 5) is 6.48. The molecular formula is C15H25N3O. The smallest absolute Gasteiger partial charge is 0.0637 e. The van der Waals surface area contributed by atoms with E-state index in [0.29, 0.717) is 6.61 Å². The molecule has 4 heteroatoms. The van der Waals surface area contributed by atoms with Gasteiger partial charge in [-0.3, -0.25) is 4.98 Å². The molecule has 0 bridgehead atoms. The topological polar surface area (TPSA) is 37.4 Å². The van der Waals surface area contributed by atoms with Crippen LogP contribution in [0.2, 0.25) is 0 Å². The lowest BCUT2D eigenvalue weighted by Gasteiger charge is -2.25. The number of aromatic nitrogens is 1. The molecule has 1 rings (SSSR count). The molecule has 0 saturated heterocycles. The van der Waals surface area contributed by atoms with Crippen molar-refractivity contribution in [3.63, 3.8) is 0 Å². The number of anilines is 1. The van der Waals surface area contributed by atoms with Crippen molar-refractivity contribution in [1.82, 2.24) is 10.3 Å². The predicted octanol–water partition coefficient (Wildman–Crippen LogP) is 2.22. The number of hydrogen-bond acceptors (Lipinski definition) is 4. The molecule has 0 saturated carbocycles. The normalized spacial score (nSPS) is 10.4. The molecule has 0 fully saturated rings. The van der Waals surface area contributed by atoms with Crippen molar-refractivity contribution in [3.05, 3.63) is 36.7 Å². The minimum Gasteiger partial charge on any atom is -0.383 e. The summed E-state index contributed by atoms with van der Waals surface area (Å²) in [6.07, 6.45) is 6.81. The lowest BCUT2D eigenvalue weighted by Crippen LogP contribution is -2.29. The van der Waals surface area contributed by atoms with E-state index in [1.807, 2.05) is 18.5 Å². The van der Waals surface area contributed by atoms with E-state index in [0.717, 1.165) is 38.3 Å². The van der Waals surface area contributed by atoms with Gasteiger partial charge < -0.3 is 15.0 Å². The number of ether oxygens (including phenoxy) is 1. The molecule has 4 nitrogen and oxygen atoms in total. The first kappa shape index (κ1) is 15.7. The van der Waals surface area contributed by atoms with E-state index in [1.54, 1.807) is 7.11 Å². The van der Waals surface area contributed by atoms with Crippen molar-refractivity contribution >= 4 is 5.69 Å². The van der Waals surface area contributed by atoms with Gasteiger partial charge >= 0.3 is 0 Å². The van der Waals surface area contributed by atoms with E-state index < -0.39 is 0 Å². The lowest BCUT2D eigenvalue weighted by molar-refractivity contribution is 0.205. The predicted molar refractivity (Wildman–Crippen MR) is 80.5 cm³/mol. The van der Waals surface area contributed by atoms with Gasteiger partial charge in [-0.25, -0.2) is 0 Å². The first-order valence-corrected chi connectivity index (χ1v) is 6.81. The van der Waals surface area contributed by atoms with E-state index in [9.17, 15) is 0 Å². The van der Waals surface area contributed by atoms with Gasteiger partial charge in [-0.1, -0.05) is 13.0 Å². The first-order chi connectivity index (χ1) is 9.33. The van der Waals surface area contributed by atoms with E-state index in [-0.39, 0.29) is 0 Å². The Labute approximate surface area is 116 Å². The molecule has 0 aromatic carbocycles. The first-order valence-electron chi connectivity index (χ1n) is 6.81. The van der Waals surface area contributed by atoms with E-state index in [2.05, 4.69) is 34.8 Å². The van der Waals surface area contributed by atoms with Crippen LogP contribution in [-0.4, -0.2) is 38.3 Å². The molecule has 0 aliphatic rings. The molecule has 1 aromatic rings.